The molecule has 0 saturated heterocycles. The van der Waals surface area contributed by atoms with Gasteiger partial charge in [-0.3, -0.25) is 9.78 Å². The second-order valence-corrected chi connectivity index (χ2v) is 8.00. The second kappa shape index (κ2) is 7.90. The molecule has 0 saturated carbocycles. The van der Waals surface area contributed by atoms with E-state index in [2.05, 4.69) is 37.0 Å². The Morgan fingerprint density at radius 3 is 2.72 bits per heavy atom. The van der Waals surface area contributed by atoms with Gasteiger partial charge >= 0.3 is 6.18 Å². The average molecular weight is 422 g/mol. The number of pyridine rings is 1. The van der Waals surface area contributed by atoms with Gasteiger partial charge in [-0.25, -0.2) is 20.0 Å². The number of amidine groups is 1. The molecule has 3 heterocycles. The van der Waals surface area contributed by atoms with Crippen LogP contribution in [-0.2, 0) is 11.7 Å². The van der Waals surface area contributed by atoms with Crippen LogP contribution in [0, 0.1) is 0 Å². The molecule has 3 rings (SSSR count). The lowest BCUT2D eigenvalue weighted by molar-refractivity contribution is -0.141. The zero-order chi connectivity index (χ0) is 21.2. The van der Waals surface area contributed by atoms with Crippen molar-refractivity contribution in [2.45, 2.75) is 37.2 Å². The Labute approximate surface area is 169 Å². The summed E-state index contributed by atoms with van der Waals surface area (Å²) in [6.07, 6.45) is -0.750. The molecule has 7 nitrogen and oxygen atoms in total. The average Bonchev–Trinajstić information content (AvgIpc) is 2.67. The van der Waals surface area contributed by atoms with Gasteiger partial charge in [0.15, 0.2) is 16.6 Å². The molecule has 0 aromatic carbocycles. The lowest BCUT2D eigenvalue weighted by atomic mass is 9.91. The Kier molecular flexibility index (Phi) is 5.69. The van der Waals surface area contributed by atoms with Crippen molar-refractivity contribution in [3.63, 3.8) is 0 Å². The van der Waals surface area contributed by atoms with Gasteiger partial charge in [0.2, 0.25) is 0 Å². The third-order valence-corrected chi connectivity index (χ3v) is 5.22. The molecular formula is C18H17F3N6OS. The molecule has 29 heavy (non-hydrogen) atoms. The van der Waals surface area contributed by atoms with Gasteiger partial charge in [0, 0.05) is 29.5 Å². The minimum atomic E-state index is -4.80. The fraction of sp³-hybridized carbons (Fsp3) is 0.333. The van der Waals surface area contributed by atoms with Crippen molar-refractivity contribution in [2.75, 3.05) is 5.32 Å². The van der Waals surface area contributed by atoms with E-state index in [9.17, 15) is 18.0 Å². The fourth-order valence-electron chi connectivity index (χ4n) is 3.00. The first-order chi connectivity index (χ1) is 13.6. The molecule has 0 spiro atoms. The van der Waals surface area contributed by atoms with Crippen molar-refractivity contribution in [3.8, 4) is 0 Å². The number of aliphatic imine (C=N–C) groups is 2. The molecule has 0 bridgehead atoms. The quantitative estimate of drug-likeness (QED) is 0.757. The number of hydrogen-bond donors (Lipinski definition) is 1. The van der Waals surface area contributed by atoms with Crippen LogP contribution in [0.1, 0.15) is 42.1 Å². The van der Waals surface area contributed by atoms with Crippen LogP contribution in [0.4, 0.5) is 18.9 Å². The van der Waals surface area contributed by atoms with Gasteiger partial charge in [-0.1, -0.05) is 18.7 Å². The first-order valence-corrected chi connectivity index (χ1v) is 9.39. The van der Waals surface area contributed by atoms with Crippen molar-refractivity contribution >= 4 is 35.2 Å². The number of rotatable bonds is 3. The minimum Gasteiger partial charge on any atom is -0.320 e. The van der Waals surface area contributed by atoms with Gasteiger partial charge in [0.25, 0.3) is 5.91 Å². The number of hydrogen-bond acceptors (Lipinski definition) is 7. The van der Waals surface area contributed by atoms with Gasteiger partial charge in [0.1, 0.15) is 5.54 Å². The molecule has 0 fully saturated rings. The summed E-state index contributed by atoms with van der Waals surface area (Å²) in [5.41, 5.74) is -2.02. The van der Waals surface area contributed by atoms with Crippen molar-refractivity contribution in [1.82, 2.24) is 15.0 Å². The highest BCUT2D eigenvalue weighted by molar-refractivity contribution is 8.14. The molecular weight excluding hydrogens is 405 g/mol. The van der Waals surface area contributed by atoms with E-state index in [1.54, 1.807) is 6.07 Å². The number of nitrogens with one attached hydrogen (secondary N) is 1. The van der Waals surface area contributed by atoms with E-state index < -0.39 is 29.0 Å². The summed E-state index contributed by atoms with van der Waals surface area (Å²) in [6, 6.07) is 3.06. The van der Waals surface area contributed by atoms with Crippen molar-refractivity contribution < 1.29 is 18.0 Å². The van der Waals surface area contributed by atoms with Crippen LogP contribution in [0.25, 0.3) is 0 Å². The number of carbonyl (C=O) groups is 1. The van der Waals surface area contributed by atoms with Gasteiger partial charge in [-0.05, 0) is 32.2 Å². The fourth-order valence-corrected chi connectivity index (χ4v) is 4.10. The normalized spacial score (nSPS) is 22.0. The van der Waals surface area contributed by atoms with Gasteiger partial charge in [-0.15, -0.1) is 0 Å². The smallest absolute Gasteiger partial charge is 0.320 e. The van der Waals surface area contributed by atoms with Crippen molar-refractivity contribution in [3.05, 3.63) is 47.8 Å². The summed E-state index contributed by atoms with van der Waals surface area (Å²) in [5, 5.41) is 3.19. The van der Waals surface area contributed by atoms with Gasteiger partial charge in [0.05, 0.1) is 5.69 Å². The highest BCUT2D eigenvalue weighted by Crippen LogP contribution is 2.39. The van der Waals surface area contributed by atoms with E-state index in [0.29, 0.717) is 17.3 Å². The van der Waals surface area contributed by atoms with E-state index >= 15 is 0 Å². The number of thioether (sulfide) groups is 1. The zero-order valence-electron chi connectivity index (χ0n) is 15.6. The van der Waals surface area contributed by atoms with Crippen LogP contribution in [0.2, 0.25) is 0 Å². The molecule has 2 aromatic rings. The maximum atomic E-state index is 13.1. The predicted octanol–water partition coefficient (Wildman–Crippen LogP) is 3.94. The van der Waals surface area contributed by atoms with Crippen LogP contribution in [0.15, 0.2) is 40.7 Å². The summed E-state index contributed by atoms with van der Waals surface area (Å²) in [6.45, 7) is 7.42. The monoisotopic (exact) mass is 422 g/mol. The number of halogens is 3. The number of nitrogens with zero attached hydrogens (tertiary/aromatic N) is 5. The highest BCUT2D eigenvalue weighted by Gasteiger charge is 2.38. The van der Waals surface area contributed by atoms with Crippen molar-refractivity contribution in [2.24, 2.45) is 9.98 Å². The number of anilines is 1. The maximum Gasteiger partial charge on any atom is 0.435 e. The van der Waals surface area contributed by atoms with E-state index in [-0.39, 0.29) is 10.9 Å². The molecule has 11 heteroatoms. The first kappa shape index (κ1) is 20.9. The Hall–Kier alpha value is -2.82. The SMILES string of the molecule is C=NC1=N[C@](C)(c2cc(NC(=O)c3nccnc3C(F)(F)F)ccn2)C[C@@H](C)S1. The van der Waals surface area contributed by atoms with Crippen molar-refractivity contribution in [1.29, 1.82) is 0 Å². The number of alkyl halides is 3. The van der Waals surface area contributed by atoms with Gasteiger partial charge < -0.3 is 5.32 Å². The second-order valence-electron chi connectivity index (χ2n) is 6.59. The number of aromatic nitrogens is 3. The zero-order valence-corrected chi connectivity index (χ0v) is 16.4. The molecule has 0 radical (unpaired) electrons. The summed E-state index contributed by atoms with van der Waals surface area (Å²) < 4.78 is 39.3. The topological polar surface area (TPSA) is 92.5 Å². The predicted molar refractivity (Wildman–Crippen MR) is 105 cm³/mol. The van der Waals surface area contributed by atoms with E-state index in [0.717, 1.165) is 12.4 Å². The standard InChI is InChI=1S/C18H17F3N6OS/c1-10-9-17(2,27-16(22-3)29-10)12-8-11(4-5-23-12)26-15(28)13-14(18(19,20)21)25-7-6-24-13/h4-8,10H,3,9H2,1-2H3,(H,23,26,28)/t10-,17+/m1/s1. The molecule has 0 aliphatic carbocycles. The molecule has 2 atom stereocenters. The van der Waals surface area contributed by atoms with E-state index in [4.69, 9.17) is 0 Å². The Morgan fingerprint density at radius 1 is 1.31 bits per heavy atom. The molecule has 1 aliphatic rings. The molecule has 1 aliphatic heterocycles. The summed E-state index contributed by atoms with van der Waals surface area (Å²) in [4.78, 5) is 32.0. The molecule has 0 unspecified atom stereocenters. The van der Waals surface area contributed by atoms with Crippen LogP contribution >= 0.6 is 11.8 Å². The van der Waals surface area contributed by atoms with Crippen LogP contribution in [-0.4, -0.2) is 38.0 Å². The third kappa shape index (κ3) is 4.61. The largest absolute Gasteiger partial charge is 0.435 e. The van der Waals surface area contributed by atoms with Gasteiger partial charge in [-0.2, -0.15) is 13.2 Å². The molecule has 1 N–H and O–H groups in total. The van der Waals surface area contributed by atoms with E-state index in [1.165, 1.54) is 24.0 Å². The third-order valence-electron chi connectivity index (χ3n) is 4.22. The first-order valence-electron chi connectivity index (χ1n) is 8.52. The number of carbonyl (C=O) groups excluding carboxylic acids is 1. The Balaban J connectivity index is 1.90. The van der Waals surface area contributed by atoms with Crippen LogP contribution < -0.4 is 5.32 Å². The lowest BCUT2D eigenvalue weighted by Crippen LogP contribution is -2.30. The molecule has 2 aromatic heterocycles. The summed E-state index contributed by atoms with van der Waals surface area (Å²) in [5.74, 6) is -1.02. The molecule has 152 valence electrons. The Bertz CT molecular complexity index is 980. The Morgan fingerprint density at radius 2 is 2.03 bits per heavy atom. The highest BCUT2D eigenvalue weighted by atomic mass is 32.2. The maximum absolute atomic E-state index is 13.1. The number of amides is 1. The lowest BCUT2D eigenvalue weighted by Gasteiger charge is -2.32. The summed E-state index contributed by atoms with van der Waals surface area (Å²) in [7, 11) is 0. The van der Waals surface area contributed by atoms with Crippen LogP contribution in [0.3, 0.4) is 0 Å². The van der Waals surface area contributed by atoms with E-state index in [1.807, 2.05) is 13.8 Å². The minimum absolute atomic E-state index is 0.215. The molecule has 1 amide bonds. The van der Waals surface area contributed by atoms with Crippen LogP contribution in [0.5, 0.6) is 0 Å². The summed E-state index contributed by atoms with van der Waals surface area (Å²) >= 11 is 1.50.